The molecule has 0 aliphatic carbocycles. The molecule has 1 spiro atoms. The molecule has 4 aliphatic heterocycles. The van der Waals surface area contributed by atoms with Gasteiger partial charge in [0.25, 0.3) is 0 Å². The fourth-order valence-electron chi connectivity index (χ4n) is 8.23. The normalized spacial score (nSPS) is 30.0. The Kier molecular flexibility index (Phi) is 8.69. The third kappa shape index (κ3) is 5.82. The number of carbonyl (C=O) groups excluding carboxylic acids is 3. The van der Waals surface area contributed by atoms with E-state index in [-0.39, 0.29) is 40.9 Å². The van der Waals surface area contributed by atoms with E-state index >= 15 is 0 Å². The van der Waals surface area contributed by atoms with Crippen LogP contribution in [0.5, 0.6) is 0 Å². The molecule has 2 saturated heterocycles. The van der Waals surface area contributed by atoms with Crippen molar-refractivity contribution in [3.63, 3.8) is 0 Å². The number of hydrogen-bond donors (Lipinski definition) is 1. The van der Waals surface area contributed by atoms with Crippen molar-refractivity contribution >= 4 is 29.5 Å². The molecule has 7 nitrogen and oxygen atoms in total. The Morgan fingerprint density at radius 2 is 1.67 bits per heavy atom. The number of aliphatic hydroxyl groups is 1. The van der Waals surface area contributed by atoms with Gasteiger partial charge in [0.15, 0.2) is 0 Å². The summed E-state index contributed by atoms with van der Waals surface area (Å²) < 4.78 is -0.893. The molecule has 1 N–H and O–H groups in total. The Balaban J connectivity index is 1.59. The third-order valence-corrected chi connectivity index (χ3v) is 11.2. The summed E-state index contributed by atoms with van der Waals surface area (Å²) in [5, 5.41) is 10.4. The van der Waals surface area contributed by atoms with Crippen molar-refractivity contribution in [1.29, 1.82) is 0 Å². The van der Waals surface area contributed by atoms with E-state index in [0.29, 0.717) is 26.1 Å². The van der Waals surface area contributed by atoms with E-state index in [9.17, 15) is 19.5 Å². The van der Waals surface area contributed by atoms with E-state index in [0.717, 1.165) is 12.0 Å². The van der Waals surface area contributed by atoms with Crippen LogP contribution >= 0.6 is 11.8 Å². The van der Waals surface area contributed by atoms with Gasteiger partial charge in [-0.1, -0.05) is 89.3 Å². The Hall–Kier alpha value is -2.58. The van der Waals surface area contributed by atoms with Crippen molar-refractivity contribution in [2.45, 2.75) is 95.5 Å². The molecular formula is C35H49N3O4S. The summed E-state index contributed by atoms with van der Waals surface area (Å²) in [6.07, 6.45) is 9.64. The molecule has 0 aromatic heterocycles. The lowest BCUT2D eigenvalue weighted by Crippen LogP contribution is -2.60. The number of benzene rings is 1. The van der Waals surface area contributed by atoms with Gasteiger partial charge < -0.3 is 19.8 Å². The molecule has 0 radical (unpaired) electrons. The topological polar surface area (TPSA) is 81.2 Å². The van der Waals surface area contributed by atoms with Gasteiger partial charge in [0.05, 0.1) is 29.2 Å². The second-order valence-corrected chi connectivity index (χ2v) is 16.6. The molecule has 2 fully saturated rings. The maximum absolute atomic E-state index is 14.9. The van der Waals surface area contributed by atoms with E-state index in [4.69, 9.17) is 0 Å². The van der Waals surface area contributed by atoms with Crippen LogP contribution in [0.1, 0.15) is 66.9 Å². The van der Waals surface area contributed by atoms with Crippen LogP contribution in [0.15, 0.2) is 54.6 Å². The van der Waals surface area contributed by atoms with Crippen LogP contribution in [0, 0.1) is 23.2 Å². The van der Waals surface area contributed by atoms with Crippen molar-refractivity contribution in [2.24, 2.45) is 23.2 Å². The lowest BCUT2D eigenvalue weighted by Gasteiger charge is -2.45. The monoisotopic (exact) mass is 607 g/mol. The third-order valence-electron chi connectivity index (χ3n) is 9.44. The van der Waals surface area contributed by atoms with Crippen molar-refractivity contribution in [2.75, 3.05) is 19.7 Å². The van der Waals surface area contributed by atoms with Gasteiger partial charge in [0.2, 0.25) is 17.7 Å². The number of aliphatic hydroxyl groups excluding tert-OH is 1. The highest BCUT2D eigenvalue weighted by molar-refractivity contribution is 8.02. The summed E-state index contributed by atoms with van der Waals surface area (Å²) in [7, 11) is 0. The molecule has 6 atom stereocenters. The van der Waals surface area contributed by atoms with Crippen LogP contribution < -0.4 is 0 Å². The van der Waals surface area contributed by atoms with E-state index in [1.807, 2.05) is 46.2 Å². The molecule has 1 aromatic carbocycles. The summed E-state index contributed by atoms with van der Waals surface area (Å²) in [6, 6.07) is 8.64. The van der Waals surface area contributed by atoms with Crippen LogP contribution in [-0.4, -0.2) is 84.8 Å². The Labute approximate surface area is 261 Å². The Bertz CT molecular complexity index is 1290. The predicted molar refractivity (Wildman–Crippen MR) is 172 cm³/mol. The van der Waals surface area contributed by atoms with Crippen LogP contribution in [0.25, 0.3) is 0 Å². The molecule has 5 rings (SSSR count). The molecule has 1 unspecified atom stereocenters. The predicted octanol–water partition coefficient (Wildman–Crippen LogP) is 4.90. The van der Waals surface area contributed by atoms with Crippen molar-refractivity contribution in [1.82, 2.24) is 14.7 Å². The van der Waals surface area contributed by atoms with Gasteiger partial charge in [-0.15, -0.1) is 11.8 Å². The Morgan fingerprint density at radius 3 is 2.30 bits per heavy atom. The molecule has 8 heteroatoms. The summed E-state index contributed by atoms with van der Waals surface area (Å²) in [5.41, 5.74) is 0.574. The van der Waals surface area contributed by atoms with Gasteiger partial charge in [-0.3, -0.25) is 14.4 Å². The summed E-state index contributed by atoms with van der Waals surface area (Å²) in [5.74, 6) is -1.36. The minimum atomic E-state index is -0.893. The fraction of sp³-hybridized carbons (Fsp3) is 0.629. The summed E-state index contributed by atoms with van der Waals surface area (Å²) in [4.78, 5) is 49.5. The SMILES string of the molecule is CC(C)C[C@H](CO)N1C(=O)[C@@H]2[C@@H]3C(=O)N(Cc4ccccc4)CC=C[C@@H]3S[C@@]23C=CCN(C(C)(C)CC(C)(C)C)C(=O)C13. The lowest BCUT2D eigenvalue weighted by atomic mass is 9.77. The highest BCUT2D eigenvalue weighted by Gasteiger charge is 2.72. The highest BCUT2D eigenvalue weighted by atomic mass is 32.2. The van der Waals surface area contributed by atoms with Crippen LogP contribution in [0.4, 0.5) is 0 Å². The second kappa shape index (κ2) is 11.7. The van der Waals surface area contributed by atoms with E-state index in [1.54, 1.807) is 16.7 Å². The number of hydrogen-bond acceptors (Lipinski definition) is 5. The van der Waals surface area contributed by atoms with Crippen LogP contribution in [0.3, 0.4) is 0 Å². The number of likely N-dealkylation sites (tertiary alicyclic amines) is 1. The molecule has 4 aliphatic rings. The first-order valence-electron chi connectivity index (χ1n) is 15.8. The van der Waals surface area contributed by atoms with Gasteiger partial charge in [-0.25, -0.2) is 0 Å². The average molecular weight is 608 g/mol. The van der Waals surface area contributed by atoms with Crippen molar-refractivity contribution < 1.29 is 19.5 Å². The van der Waals surface area contributed by atoms with Gasteiger partial charge in [0.1, 0.15) is 6.04 Å². The number of amides is 3. The molecule has 234 valence electrons. The first kappa shape index (κ1) is 31.8. The zero-order valence-corrected chi connectivity index (χ0v) is 27.6. The number of rotatable bonds is 8. The number of carbonyl (C=O) groups is 3. The van der Waals surface area contributed by atoms with Gasteiger partial charge in [-0.2, -0.15) is 0 Å². The number of nitrogens with zero attached hydrogens (tertiary/aromatic N) is 3. The van der Waals surface area contributed by atoms with Gasteiger partial charge >= 0.3 is 0 Å². The van der Waals surface area contributed by atoms with Crippen molar-refractivity contribution in [3.8, 4) is 0 Å². The Morgan fingerprint density at radius 1 is 0.977 bits per heavy atom. The largest absolute Gasteiger partial charge is 0.394 e. The summed E-state index contributed by atoms with van der Waals surface area (Å²) >= 11 is 1.61. The smallest absolute Gasteiger partial charge is 0.247 e. The van der Waals surface area contributed by atoms with Crippen LogP contribution in [0.2, 0.25) is 0 Å². The van der Waals surface area contributed by atoms with Crippen LogP contribution in [-0.2, 0) is 20.9 Å². The van der Waals surface area contributed by atoms with Gasteiger partial charge in [0, 0.05) is 30.4 Å². The first-order valence-corrected chi connectivity index (χ1v) is 16.7. The highest BCUT2D eigenvalue weighted by Crippen LogP contribution is 2.61. The van der Waals surface area contributed by atoms with Crippen molar-refractivity contribution in [3.05, 3.63) is 60.2 Å². The van der Waals surface area contributed by atoms with E-state index < -0.39 is 34.2 Å². The lowest BCUT2D eigenvalue weighted by molar-refractivity contribution is -0.149. The zero-order chi connectivity index (χ0) is 31.3. The standard InChI is InChI=1S/C35H49N3O4S/c1-23(2)19-25(21-39)38-29-32(42)37(34(6,7)22-33(3,4)5)18-12-16-35(29)28(31(38)41)27-26(43-35)15-11-17-36(30(27)40)20-24-13-9-8-10-14-24/h8-16,23,25-29,39H,17-22H2,1-7H3/t25-,26+,27-,28+,29?,35+/m1/s1. The molecule has 43 heavy (non-hydrogen) atoms. The molecular weight excluding hydrogens is 558 g/mol. The molecule has 0 saturated carbocycles. The maximum atomic E-state index is 14.9. The molecule has 1 aromatic rings. The first-order chi connectivity index (χ1) is 20.2. The minimum Gasteiger partial charge on any atom is -0.394 e. The number of fused-ring (bicyclic) bond motifs is 2. The fourth-order valence-corrected chi connectivity index (χ4v) is 10.2. The quantitative estimate of drug-likeness (QED) is 0.425. The van der Waals surface area contributed by atoms with E-state index in [1.165, 1.54) is 0 Å². The maximum Gasteiger partial charge on any atom is 0.247 e. The molecule has 3 amide bonds. The van der Waals surface area contributed by atoms with E-state index in [2.05, 4.69) is 66.7 Å². The second-order valence-electron chi connectivity index (χ2n) is 15.1. The zero-order valence-electron chi connectivity index (χ0n) is 26.8. The van der Waals surface area contributed by atoms with Gasteiger partial charge in [-0.05, 0) is 43.6 Å². The molecule has 4 heterocycles. The number of thioether (sulfide) groups is 1. The minimum absolute atomic E-state index is 0.00872. The summed E-state index contributed by atoms with van der Waals surface area (Å²) in [6.45, 7) is 16.1. The average Bonchev–Trinajstić information content (AvgIpc) is 3.23. The molecule has 0 bridgehead atoms.